The quantitative estimate of drug-likeness (QED) is 0.731. The molecule has 2 fully saturated rings. The van der Waals surface area contributed by atoms with Crippen LogP contribution in [0, 0.1) is 5.41 Å². The minimum atomic E-state index is 0.468. The van der Waals surface area contributed by atoms with Gasteiger partial charge >= 0.3 is 0 Å². The fraction of sp³-hybridized carbons (Fsp3) is 0.714. The highest BCUT2D eigenvalue weighted by molar-refractivity contribution is 9.09. The Morgan fingerprint density at radius 1 is 1.35 bits per heavy atom. The Morgan fingerprint density at radius 3 is 2.82 bits per heavy atom. The Bertz CT molecular complexity index is 356. The molecule has 1 aromatic heterocycles. The van der Waals surface area contributed by atoms with Gasteiger partial charge in [-0.1, -0.05) is 41.3 Å². The zero-order valence-corrected chi connectivity index (χ0v) is 12.4. The lowest BCUT2D eigenvalue weighted by Crippen LogP contribution is -2.56. The van der Waals surface area contributed by atoms with Crippen LogP contribution < -0.4 is 0 Å². The van der Waals surface area contributed by atoms with E-state index in [1.54, 1.807) is 11.3 Å². The second-order valence-corrected chi connectivity index (χ2v) is 7.51. The van der Waals surface area contributed by atoms with E-state index in [9.17, 15) is 0 Å². The minimum Gasteiger partial charge on any atom is -0.372 e. The zero-order valence-electron chi connectivity index (χ0n) is 10.0. The third kappa shape index (κ3) is 2.22. The van der Waals surface area contributed by atoms with Crippen molar-refractivity contribution in [2.45, 2.75) is 56.1 Å². The lowest BCUT2D eigenvalue weighted by atomic mass is 9.58. The summed E-state index contributed by atoms with van der Waals surface area (Å²) in [6.45, 7) is 0.809. The number of hydrogen-bond donors (Lipinski definition) is 0. The summed E-state index contributed by atoms with van der Waals surface area (Å²) in [4.78, 5) is 2.05. The maximum atomic E-state index is 6.17. The summed E-state index contributed by atoms with van der Waals surface area (Å²) < 4.78 is 6.17. The SMILES string of the molecule is BrC1CC(OCc2cccs2)C12CCCCC2. The maximum absolute atomic E-state index is 6.17. The normalized spacial score (nSPS) is 31.4. The standard InChI is InChI=1S/C14H19BrOS/c15-12-9-13(14(12)6-2-1-3-7-14)16-10-11-5-4-8-17-11/h4-5,8,12-13H,1-3,6-7,9-10H2. The molecule has 0 saturated heterocycles. The van der Waals surface area contributed by atoms with Crippen LogP contribution in [-0.2, 0) is 11.3 Å². The molecule has 1 nitrogen and oxygen atoms in total. The number of hydrogen-bond acceptors (Lipinski definition) is 2. The Balaban J connectivity index is 1.60. The molecule has 17 heavy (non-hydrogen) atoms. The van der Waals surface area contributed by atoms with Crippen molar-refractivity contribution < 1.29 is 4.74 Å². The van der Waals surface area contributed by atoms with Crippen molar-refractivity contribution in [3.8, 4) is 0 Å². The highest BCUT2D eigenvalue weighted by Gasteiger charge is 2.54. The fourth-order valence-electron chi connectivity index (χ4n) is 3.36. The average molecular weight is 315 g/mol. The molecule has 2 saturated carbocycles. The third-order valence-corrected chi connectivity index (χ3v) is 6.61. The van der Waals surface area contributed by atoms with Crippen LogP contribution in [0.3, 0.4) is 0 Å². The lowest BCUT2D eigenvalue weighted by molar-refractivity contribution is -0.126. The summed E-state index contributed by atoms with van der Waals surface area (Å²) in [6.07, 6.45) is 8.61. The first-order valence-corrected chi connectivity index (χ1v) is 8.39. The van der Waals surface area contributed by atoms with Gasteiger partial charge in [0.05, 0.1) is 12.7 Å². The topological polar surface area (TPSA) is 9.23 Å². The molecule has 3 heteroatoms. The van der Waals surface area contributed by atoms with Crippen LogP contribution in [0.5, 0.6) is 0 Å². The third-order valence-electron chi connectivity index (χ3n) is 4.48. The van der Waals surface area contributed by atoms with E-state index in [1.807, 2.05) is 0 Å². The summed E-state index contributed by atoms with van der Waals surface area (Å²) in [5.74, 6) is 0. The largest absolute Gasteiger partial charge is 0.372 e. The summed E-state index contributed by atoms with van der Waals surface area (Å²) in [7, 11) is 0. The molecule has 0 radical (unpaired) electrons. The Kier molecular flexibility index (Phi) is 3.60. The number of ether oxygens (including phenoxy) is 1. The Labute approximate surface area is 116 Å². The highest BCUT2D eigenvalue weighted by atomic mass is 79.9. The van der Waals surface area contributed by atoms with Crippen molar-refractivity contribution in [2.75, 3.05) is 0 Å². The van der Waals surface area contributed by atoms with E-state index in [-0.39, 0.29) is 0 Å². The van der Waals surface area contributed by atoms with E-state index >= 15 is 0 Å². The van der Waals surface area contributed by atoms with Crippen molar-refractivity contribution in [1.29, 1.82) is 0 Å². The zero-order chi connectivity index (χ0) is 11.7. The van der Waals surface area contributed by atoms with Crippen molar-refractivity contribution in [3.05, 3.63) is 22.4 Å². The first-order valence-electron chi connectivity index (χ1n) is 6.59. The van der Waals surface area contributed by atoms with Gasteiger partial charge in [0.25, 0.3) is 0 Å². The molecule has 0 aromatic carbocycles. The van der Waals surface area contributed by atoms with E-state index < -0.39 is 0 Å². The van der Waals surface area contributed by atoms with Crippen LogP contribution in [0.15, 0.2) is 17.5 Å². The molecule has 0 bridgehead atoms. The number of halogens is 1. The van der Waals surface area contributed by atoms with Gasteiger partial charge in [-0.05, 0) is 30.7 Å². The molecule has 3 rings (SSSR count). The number of thiophene rings is 1. The van der Waals surface area contributed by atoms with Crippen LogP contribution >= 0.6 is 27.3 Å². The molecule has 1 aromatic rings. The lowest BCUT2D eigenvalue weighted by Gasteiger charge is -2.55. The van der Waals surface area contributed by atoms with Gasteiger partial charge in [0.15, 0.2) is 0 Å². The van der Waals surface area contributed by atoms with Gasteiger partial charge in [-0.2, -0.15) is 0 Å². The van der Waals surface area contributed by atoms with Crippen LogP contribution in [0.1, 0.15) is 43.4 Å². The van der Waals surface area contributed by atoms with Gasteiger partial charge in [-0.15, -0.1) is 11.3 Å². The van der Waals surface area contributed by atoms with Gasteiger partial charge in [-0.25, -0.2) is 0 Å². The molecular formula is C14H19BrOS. The minimum absolute atomic E-state index is 0.468. The van der Waals surface area contributed by atoms with Crippen LogP contribution in [0.4, 0.5) is 0 Å². The molecule has 2 atom stereocenters. The number of alkyl halides is 1. The summed E-state index contributed by atoms with van der Waals surface area (Å²) >= 11 is 5.66. The van der Waals surface area contributed by atoms with E-state index in [0.29, 0.717) is 16.3 Å². The number of rotatable bonds is 3. The van der Waals surface area contributed by atoms with Crippen molar-refractivity contribution in [2.24, 2.45) is 5.41 Å². The molecule has 1 spiro atoms. The predicted molar refractivity (Wildman–Crippen MR) is 75.7 cm³/mol. The van der Waals surface area contributed by atoms with Gasteiger partial charge in [0, 0.05) is 15.1 Å². The maximum Gasteiger partial charge on any atom is 0.0813 e. The summed E-state index contributed by atoms with van der Waals surface area (Å²) in [5.41, 5.74) is 0.468. The second-order valence-electron chi connectivity index (χ2n) is 5.38. The molecule has 0 amide bonds. The van der Waals surface area contributed by atoms with Gasteiger partial charge < -0.3 is 4.74 Å². The van der Waals surface area contributed by atoms with Gasteiger partial charge in [-0.3, -0.25) is 0 Å². The van der Waals surface area contributed by atoms with Crippen LogP contribution in [0.2, 0.25) is 0 Å². The first kappa shape index (κ1) is 12.2. The molecule has 1 heterocycles. The average Bonchev–Trinajstić information content (AvgIpc) is 2.88. The molecular weight excluding hydrogens is 296 g/mol. The fourth-order valence-corrected chi connectivity index (χ4v) is 5.07. The van der Waals surface area contributed by atoms with E-state index in [1.165, 1.54) is 43.4 Å². The van der Waals surface area contributed by atoms with E-state index in [4.69, 9.17) is 4.74 Å². The predicted octanol–water partition coefficient (Wildman–Crippen LogP) is 4.75. The van der Waals surface area contributed by atoms with Crippen molar-refractivity contribution in [3.63, 3.8) is 0 Å². The summed E-state index contributed by atoms with van der Waals surface area (Å²) in [5, 5.41) is 2.13. The van der Waals surface area contributed by atoms with Gasteiger partial charge in [0.2, 0.25) is 0 Å². The van der Waals surface area contributed by atoms with Gasteiger partial charge in [0.1, 0.15) is 0 Å². The Hall–Kier alpha value is 0.140. The molecule has 2 aliphatic carbocycles. The molecule has 0 aliphatic heterocycles. The molecule has 2 aliphatic rings. The molecule has 0 N–H and O–H groups in total. The van der Waals surface area contributed by atoms with Crippen molar-refractivity contribution in [1.82, 2.24) is 0 Å². The van der Waals surface area contributed by atoms with E-state index in [0.717, 1.165) is 6.61 Å². The first-order chi connectivity index (χ1) is 8.31. The monoisotopic (exact) mass is 314 g/mol. The Morgan fingerprint density at radius 2 is 2.18 bits per heavy atom. The molecule has 2 unspecified atom stereocenters. The van der Waals surface area contributed by atoms with Crippen molar-refractivity contribution >= 4 is 27.3 Å². The van der Waals surface area contributed by atoms with E-state index in [2.05, 4.69) is 33.4 Å². The highest BCUT2D eigenvalue weighted by Crippen LogP contribution is 2.56. The molecule has 94 valence electrons. The summed E-state index contributed by atoms with van der Waals surface area (Å²) in [6, 6.07) is 4.27. The second kappa shape index (κ2) is 5.02. The van der Waals surface area contributed by atoms with Crippen LogP contribution in [0.25, 0.3) is 0 Å². The smallest absolute Gasteiger partial charge is 0.0813 e. The van der Waals surface area contributed by atoms with Crippen LogP contribution in [-0.4, -0.2) is 10.9 Å².